The summed E-state index contributed by atoms with van der Waals surface area (Å²) >= 11 is 0. The van der Waals surface area contributed by atoms with Gasteiger partial charge in [0.05, 0.1) is 11.7 Å². The van der Waals surface area contributed by atoms with Gasteiger partial charge in [-0.3, -0.25) is 9.78 Å². The van der Waals surface area contributed by atoms with E-state index in [1.54, 1.807) is 24.1 Å². The third-order valence-corrected chi connectivity index (χ3v) is 3.34. The summed E-state index contributed by atoms with van der Waals surface area (Å²) in [4.78, 5) is 18.1. The second kappa shape index (κ2) is 5.35. The number of aromatic nitrogens is 1. The molecule has 1 amide bonds. The molecule has 5 heteroatoms. The van der Waals surface area contributed by atoms with Gasteiger partial charge in [0, 0.05) is 30.7 Å². The highest BCUT2D eigenvalue weighted by atomic mass is 16.3. The van der Waals surface area contributed by atoms with Gasteiger partial charge in [-0.25, -0.2) is 0 Å². The predicted molar refractivity (Wildman–Crippen MR) is 69.0 cm³/mol. The molecule has 98 valence electrons. The van der Waals surface area contributed by atoms with Gasteiger partial charge in [-0.05, 0) is 32.3 Å². The smallest absolute Gasteiger partial charge is 0.257 e. The summed E-state index contributed by atoms with van der Waals surface area (Å²) in [5.74, 6) is -0.0799. The molecule has 3 N–H and O–H groups in total. The third kappa shape index (κ3) is 2.61. The minimum atomic E-state index is -0.394. The lowest BCUT2D eigenvalue weighted by Gasteiger charge is -2.26. The highest BCUT2D eigenvalue weighted by molar-refractivity contribution is 5.99. The van der Waals surface area contributed by atoms with Crippen LogP contribution in [0.2, 0.25) is 0 Å². The molecule has 1 aliphatic rings. The number of likely N-dealkylation sites (tertiary alicyclic amines) is 1. The second-order valence-corrected chi connectivity index (χ2v) is 4.84. The highest BCUT2D eigenvalue weighted by Crippen LogP contribution is 2.24. The summed E-state index contributed by atoms with van der Waals surface area (Å²) in [5.41, 5.74) is 6.71. The summed E-state index contributed by atoms with van der Waals surface area (Å²) in [5, 5.41) is 9.46. The van der Waals surface area contributed by atoms with Gasteiger partial charge in [0.1, 0.15) is 0 Å². The normalized spacial score (nSPS) is 21.0. The van der Waals surface area contributed by atoms with E-state index in [4.69, 9.17) is 5.73 Å². The monoisotopic (exact) mass is 249 g/mol. The molecule has 0 aliphatic carbocycles. The zero-order valence-electron chi connectivity index (χ0n) is 10.5. The number of nitrogens with two attached hydrogens (primary N) is 1. The number of carbonyl (C=O) groups excluding carboxylic acids is 1. The van der Waals surface area contributed by atoms with Crippen molar-refractivity contribution in [3.8, 4) is 0 Å². The van der Waals surface area contributed by atoms with E-state index in [1.807, 2.05) is 0 Å². The average molecular weight is 249 g/mol. The molecule has 1 saturated heterocycles. The fraction of sp³-hybridized carbons (Fsp3) is 0.538. The highest BCUT2D eigenvalue weighted by Gasteiger charge is 2.30. The number of amides is 1. The minimum absolute atomic E-state index is 0.0799. The Morgan fingerprint density at radius 2 is 2.50 bits per heavy atom. The van der Waals surface area contributed by atoms with Gasteiger partial charge >= 0.3 is 0 Å². The van der Waals surface area contributed by atoms with Crippen LogP contribution < -0.4 is 5.73 Å². The number of nitrogens with zero attached hydrogens (tertiary/aromatic N) is 2. The van der Waals surface area contributed by atoms with Gasteiger partial charge in [-0.2, -0.15) is 0 Å². The van der Waals surface area contributed by atoms with Gasteiger partial charge in [-0.15, -0.1) is 0 Å². The Kier molecular flexibility index (Phi) is 3.81. The predicted octanol–water partition coefficient (Wildman–Crippen LogP) is 1.04. The quantitative estimate of drug-likeness (QED) is 0.838. The first kappa shape index (κ1) is 12.8. The molecule has 0 saturated carbocycles. The lowest BCUT2D eigenvalue weighted by atomic mass is 10.1. The first-order valence-corrected chi connectivity index (χ1v) is 6.28. The molecular weight excluding hydrogens is 230 g/mol. The van der Waals surface area contributed by atoms with Crippen molar-refractivity contribution in [3.05, 3.63) is 24.0 Å². The maximum absolute atomic E-state index is 12.4. The van der Waals surface area contributed by atoms with Crippen LogP contribution in [0.1, 0.15) is 36.5 Å². The van der Waals surface area contributed by atoms with Crippen LogP contribution in [-0.4, -0.2) is 39.6 Å². The topological polar surface area (TPSA) is 79.5 Å². The second-order valence-electron chi connectivity index (χ2n) is 4.84. The number of rotatable bonds is 3. The van der Waals surface area contributed by atoms with Crippen molar-refractivity contribution < 1.29 is 9.90 Å². The van der Waals surface area contributed by atoms with Gasteiger partial charge in [0.15, 0.2) is 0 Å². The summed E-state index contributed by atoms with van der Waals surface area (Å²) in [7, 11) is 0. The number of nitrogen functional groups attached to an aromatic ring is 1. The van der Waals surface area contributed by atoms with Crippen molar-refractivity contribution in [2.45, 2.75) is 38.3 Å². The Balaban J connectivity index is 2.15. The maximum atomic E-state index is 12.4. The van der Waals surface area contributed by atoms with Crippen LogP contribution in [0, 0.1) is 0 Å². The zero-order chi connectivity index (χ0) is 13.1. The lowest BCUT2D eigenvalue weighted by molar-refractivity contribution is 0.0682. The number of carbonyl (C=O) groups is 1. The van der Waals surface area contributed by atoms with E-state index in [-0.39, 0.29) is 11.9 Å². The Morgan fingerprint density at radius 1 is 1.72 bits per heavy atom. The summed E-state index contributed by atoms with van der Waals surface area (Å²) in [6.45, 7) is 2.48. The molecular formula is C13H19N3O2. The first-order valence-electron chi connectivity index (χ1n) is 6.28. The van der Waals surface area contributed by atoms with E-state index < -0.39 is 6.10 Å². The molecule has 1 aromatic rings. The van der Waals surface area contributed by atoms with Crippen molar-refractivity contribution in [1.82, 2.24) is 9.88 Å². The van der Waals surface area contributed by atoms with Crippen molar-refractivity contribution in [3.63, 3.8) is 0 Å². The first-order chi connectivity index (χ1) is 8.59. The maximum Gasteiger partial charge on any atom is 0.257 e. The number of aliphatic hydroxyl groups excluding tert-OH is 1. The summed E-state index contributed by atoms with van der Waals surface area (Å²) in [6.07, 6.45) is 5.22. The van der Waals surface area contributed by atoms with Crippen LogP contribution in [0.5, 0.6) is 0 Å². The molecule has 5 nitrogen and oxygen atoms in total. The summed E-state index contributed by atoms with van der Waals surface area (Å²) in [6, 6.07) is 1.74. The van der Waals surface area contributed by atoms with Crippen LogP contribution in [-0.2, 0) is 0 Å². The number of aliphatic hydroxyl groups is 1. The molecule has 1 aliphatic heterocycles. The van der Waals surface area contributed by atoms with Crippen LogP contribution in [0.4, 0.5) is 5.69 Å². The van der Waals surface area contributed by atoms with Crippen LogP contribution >= 0.6 is 0 Å². The number of hydrogen-bond acceptors (Lipinski definition) is 4. The Morgan fingerprint density at radius 3 is 3.17 bits per heavy atom. The average Bonchev–Trinajstić information content (AvgIpc) is 2.76. The Labute approximate surface area is 107 Å². The molecule has 2 rings (SSSR count). The molecule has 1 fully saturated rings. The van der Waals surface area contributed by atoms with E-state index in [0.29, 0.717) is 17.7 Å². The van der Waals surface area contributed by atoms with Crippen molar-refractivity contribution in [2.75, 3.05) is 12.3 Å². The molecule has 0 aromatic carbocycles. The molecule has 0 bridgehead atoms. The van der Waals surface area contributed by atoms with Crippen molar-refractivity contribution in [1.29, 1.82) is 0 Å². The SMILES string of the molecule is CC(O)CC1CCCN1C(=O)c1cnccc1N. The zero-order valence-corrected chi connectivity index (χ0v) is 10.5. The molecule has 0 spiro atoms. The van der Waals surface area contributed by atoms with Gasteiger partial charge in [0.2, 0.25) is 0 Å². The fourth-order valence-electron chi connectivity index (χ4n) is 2.48. The van der Waals surface area contributed by atoms with Crippen LogP contribution in [0.25, 0.3) is 0 Å². The van der Waals surface area contributed by atoms with E-state index in [0.717, 1.165) is 19.4 Å². The van der Waals surface area contributed by atoms with E-state index >= 15 is 0 Å². The fourth-order valence-corrected chi connectivity index (χ4v) is 2.48. The summed E-state index contributed by atoms with van der Waals surface area (Å²) < 4.78 is 0. The minimum Gasteiger partial charge on any atom is -0.398 e. The number of hydrogen-bond donors (Lipinski definition) is 2. The van der Waals surface area contributed by atoms with Crippen LogP contribution in [0.3, 0.4) is 0 Å². The van der Waals surface area contributed by atoms with Gasteiger partial charge in [-0.1, -0.05) is 0 Å². The van der Waals surface area contributed by atoms with E-state index in [2.05, 4.69) is 4.98 Å². The van der Waals surface area contributed by atoms with Crippen molar-refractivity contribution in [2.24, 2.45) is 0 Å². The lowest BCUT2D eigenvalue weighted by Crippen LogP contribution is -2.37. The van der Waals surface area contributed by atoms with Gasteiger partial charge < -0.3 is 15.7 Å². The third-order valence-electron chi connectivity index (χ3n) is 3.34. The van der Waals surface area contributed by atoms with E-state index in [1.165, 1.54) is 6.20 Å². The Bertz CT molecular complexity index is 434. The molecule has 0 radical (unpaired) electrons. The molecule has 1 aromatic heterocycles. The largest absolute Gasteiger partial charge is 0.398 e. The Hall–Kier alpha value is -1.62. The molecule has 2 unspecified atom stereocenters. The van der Waals surface area contributed by atoms with Gasteiger partial charge in [0.25, 0.3) is 5.91 Å². The number of anilines is 1. The standard InChI is InChI=1S/C13H19N3O2/c1-9(17)7-10-3-2-6-16(10)13(18)11-8-15-5-4-12(11)14/h4-5,8-10,17H,2-3,6-7H2,1H3,(H2,14,15). The van der Waals surface area contributed by atoms with Crippen molar-refractivity contribution >= 4 is 11.6 Å². The van der Waals surface area contributed by atoms with E-state index in [9.17, 15) is 9.90 Å². The number of pyridine rings is 1. The molecule has 2 heterocycles. The molecule has 18 heavy (non-hydrogen) atoms. The molecule has 2 atom stereocenters. The van der Waals surface area contributed by atoms with Crippen LogP contribution in [0.15, 0.2) is 18.5 Å².